The zero-order valence-electron chi connectivity index (χ0n) is 11.8. The minimum atomic E-state index is -3.01. The lowest BCUT2D eigenvalue weighted by Crippen LogP contribution is -2.26. The summed E-state index contributed by atoms with van der Waals surface area (Å²) in [6.07, 6.45) is 4.84. The van der Waals surface area contributed by atoms with E-state index in [0.29, 0.717) is 24.0 Å². The summed E-state index contributed by atoms with van der Waals surface area (Å²) in [6.45, 7) is 0.271. The van der Waals surface area contributed by atoms with Gasteiger partial charge in [-0.1, -0.05) is 11.8 Å². The van der Waals surface area contributed by atoms with Crippen LogP contribution in [0.5, 0.6) is 0 Å². The van der Waals surface area contributed by atoms with Crippen molar-refractivity contribution in [3.05, 3.63) is 29.6 Å². The van der Waals surface area contributed by atoms with Gasteiger partial charge in [-0.3, -0.25) is 9.78 Å². The van der Waals surface area contributed by atoms with Crippen LogP contribution in [0.25, 0.3) is 0 Å². The molecule has 0 aromatic carbocycles. The van der Waals surface area contributed by atoms with Crippen LogP contribution in [0.3, 0.4) is 0 Å². The van der Waals surface area contributed by atoms with Crippen LogP contribution < -0.4 is 5.32 Å². The topological polar surface area (TPSA) is 96.4 Å². The number of rotatable bonds is 6. The number of aliphatic hydroxyl groups excluding tert-OH is 1. The second-order valence-electron chi connectivity index (χ2n) is 4.48. The molecule has 0 atom stereocenters. The Balaban J connectivity index is 2.55. The maximum Gasteiger partial charge on any atom is 0.252 e. The molecule has 0 aliphatic rings. The molecule has 0 spiro atoms. The fraction of sp³-hybridized carbons (Fsp3) is 0.429. The molecular weight excluding hydrogens is 292 g/mol. The largest absolute Gasteiger partial charge is 0.395 e. The molecule has 0 fully saturated rings. The minimum absolute atomic E-state index is 0.0130. The Bertz CT molecular complexity index is 644. The van der Waals surface area contributed by atoms with Gasteiger partial charge in [-0.2, -0.15) is 0 Å². The monoisotopic (exact) mass is 310 g/mol. The lowest BCUT2D eigenvalue weighted by atomic mass is 10.2. The summed E-state index contributed by atoms with van der Waals surface area (Å²) in [5, 5.41) is 11.3. The van der Waals surface area contributed by atoms with Crippen molar-refractivity contribution in [1.29, 1.82) is 0 Å². The van der Waals surface area contributed by atoms with Gasteiger partial charge in [-0.25, -0.2) is 8.42 Å². The number of sulfone groups is 1. The van der Waals surface area contributed by atoms with E-state index in [1.807, 2.05) is 0 Å². The summed E-state index contributed by atoms with van der Waals surface area (Å²) in [7, 11) is -3.01. The number of nitrogens with zero attached hydrogens (tertiary/aromatic N) is 1. The van der Waals surface area contributed by atoms with Crippen molar-refractivity contribution < 1.29 is 18.3 Å². The molecule has 1 aromatic heterocycles. The smallest absolute Gasteiger partial charge is 0.252 e. The quantitative estimate of drug-likeness (QED) is 0.568. The molecule has 1 heterocycles. The molecule has 0 bridgehead atoms. The van der Waals surface area contributed by atoms with E-state index >= 15 is 0 Å². The minimum Gasteiger partial charge on any atom is -0.395 e. The fourth-order valence-corrected chi connectivity index (χ4v) is 2.16. The molecule has 2 N–H and O–H groups in total. The van der Waals surface area contributed by atoms with Crippen LogP contribution in [0.2, 0.25) is 0 Å². The van der Waals surface area contributed by atoms with Crippen molar-refractivity contribution in [2.75, 3.05) is 25.2 Å². The Kier molecular flexibility index (Phi) is 6.85. The van der Waals surface area contributed by atoms with Crippen LogP contribution >= 0.6 is 0 Å². The highest BCUT2D eigenvalue weighted by atomic mass is 32.2. The standard InChI is InChI=1S/C14H18N2O4S/c1-21(19,20)8-4-6-16-14(18)13-9-12(10-15-11-13)5-2-3-7-17/h9-11,17H,3-4,6-8H2,1H3,(H,16,18). The number of aliphatic hydroxyl groups is 1. The summed E-state index contributed by atoms with van der Waals surface area (Å²) in [6, 6.07) is 1.60. The van der Waals surface area contributed by atoms with E-state index in [-0.39, 0.29) is 24.8 Å². The van der Waals surface area contributed by atoms with Gasteiger partial charge < -0.3 is 10.4 Å². The van der Waals surface area contributed by atoms with E-state index in [1.165, 1.54) is 12.4 Å². The highest BCUT2D eigenvalue weighted by Crippen LogP contribution is 2.01. The highest BCUT2D eigenvalue weighted by molar-refractivity contribution is 7.90. The van der Waals surface area contributed by atoms with Crippen LogP contribution in [-0.2, 0) is 9.84 Å². The highest BCUT2D eigenvalue weighted by Gasteiger charge is 2.07. The molecule has 0 saturated carbocycles. The van der Waals surface area contributed by atoms with Crippen molar-refractivity contribution in [2.24, 2.45) is 0 Å². The summed E-state index contributed by atoms with van der Waals surface area (Å²) in [4.78, 5) is 15.8. The van der Waals surface area contributed by atoms with Crippen LogP contribution in [0.1, 0.15) is 28.8 Å². The summed E-state index contributed by atoms with van der Waals surface area (Å²) in [5.41, 5.74) is 0.956. The first kappa shape index (κ1) is 17.1. The molecule has 21 heavy (non-hydrogen) atoms. The summed E-state index contributed by atoms with van der Waals surface area (Å²) < 4.78 is 21.9. The number of hydrogen-bond donors (Lipinski definition) is 2. The van der Waals surface area contributed by atoms with Gasteiger partial charge in [-0.15, -0.1) is 0 Å². The number of aromatic nitrogens is 1. The van der Waals surface area contributed by atoms with Crippen molar-refractivity contribution in [3.63, 3.8) is 0 Å². The number of carbonyl (C=O) groups is 1. The van der Waals surface area contributed by atoms with E-state index in [0.717, 1.165) is 6.26 Å². The fourth-order valence-electron chi connectivity index (χ4n) is 1.49. The van der Waals surface area contributed by atoms with Crippen molar-refractivity contribution >= 4 is 15.7 Å². The molecule has 1 amide bonds. The number of nitrogens with one attached hydrogen (secondary N) is 1. The molecule has 0 radical (unpaired) electrons. The Morgan fingerprint density at radius 2 is 2.19 bits per heavy atom. The SMILES string of the molecule is CS(=O)(=O)CCCNC(=O)c1cncc(C#CCCO)c1. The third-order valence-electron chi connectivity index (χ3n) is 2.45. The second-order valence-corrected chi connectivity index (χ2v) is 6.74. The Labute approximate surface area is 124 Å². The van der Waals surface area contributed by atoms with Gasteiger partial charge in [0.15, 0.2) is 0 Å². The van der Waals surface area contributed by atoms with Gasteiger partial charge in [-0.05, 0) is 12.5 Å². The van der Waals surface area contributed by atoms with E-state index < -0.39 is 9.84 Å². The van der Waals surface area contributed by atoms with E-state index in [2.05, 4.69) is 22.1 Å². The van der Waals surface area contributed by atoms with Gasteiger partial charge >= 0.3 is 0 Å². The van der Waals surface area contributed by atoms with Crippen molar-refractivity contribution in [1.82, 2.24) is 10.3 Å². The maximum atomic E-state index is 11.9. The zero-order chi connectivity index (χ0) is 15.7. The number of pyridine rings is 1. The first-order chi connectivity index (χ1) is 9.92. The normalized spacial score (nSPS) is 10.6. The predicted molar refractivity (Wildman–Crippen MR) is 79.5 cm³/mol. The van der Waals surface area contributed by atoms with Crippen LogP contribution in [0.15, 0.2) is 18.5 Å². The van der Waals surface area contributed by atoms with Crippen LogP contribution in [0, 0.1) is 11.8 Å². The molecule has 1 aromatic rings. The molecule has 0 aliphatic carbocycles. The Morgan fingerprint density at radius 3 is 2.86 bits per heavy atom. The van der Waals surface area contributed by atoms with Crippen LogP contribution in [0.4, 0.5) is 0 Å². The van der Waals surface area contributed by atoms with E-state index in [1.54, 1.807) is 6.07 Å². The molecule has 0 aliphatic heterocycles. The lowest BCUT2D eigenvalue weighted by molar-refractivity contribution is 0.0953. The van der Waals surface area contributed by atoms with Crippen molar-refractivity contribution in [3.8, 4) is 11.8 Å². The van der Waals surface area contributed by atoms with Crippen LogP contribution in [-0.4, -0.2) is 49.6 Å². The zero-order valence-corrected chi connectivity index (χ0v) is 12.6. The van der Waals surface area contributed by atoms with E-state index in [9.17, 15) is 13.2 Å². The van der Waals surface area contributed by atoms with Gasteiger partial charge in [0.1, 0.15) is 9.84 Å². The molecule has 6 nitrogen and oxygen atoms in total. The molecule has 1 rings (SSSR count). The second kappa shape index (κ2) is 8.39. The summed E-state index contributed by atoms with van der Waals surface area (Å²) >= 11 is 0. The molecule has 0 unspecified atom stereocenters. The maximum absolute atomic E-state index is 11.9. The molecular formula is C14H18N2O4S. The Morgan fingerprint density at radius 1 is 1.43 bits per heavy atom. The van der Waals surface area contributed by atoms with Gasteiger partial charge in [0.2, 0.25) is 0 Å². The predicted octanol–water partition coefficient (Wildman–Crippen LogP) is -0.0200. The average molecular weight is 310 g/mol. The number of amides is 1. The van der Waals surface area contributed by atoms with E-state index in [4.69, 9.17) is 5.11 Å². The van der Waals surface area contributed by atoms with Gasteiger partial charge in [0.25, 0.3) is 5.91 Å². The van der Waals surface area contributed by atoms with Crippen molar-refractivity contribution in [2.45, 2.75) is 12.8 Å². The third kappa shape index (κ3) is 7.44. The summed E-state index contributed by atoms with van der Waals surface area (Å²) in [5.74, 6) is 5.27. The molecule has 0 saturated heterocycles. The third-order valence-corrected chi connectivity index (χ3v) is 3.48. The van der Waals surface area contributed by atoms with Gasteiger partial charge in [0, 0.05) is 37.2 Å². The Hall–Kier alpha value is -1.91. The first-order valence-electron chi connectivity index (χ1n) is 6.43. The lowest BCUT2D eigenvalue weighted by Gasteiger charge is -2.04. The number of hydrogen-bond acceptors (Lipinski definition) is 5. The molecule has 7 heteroatoms. The number of carbonyl (C=O) groups excluding carboxylic acids is 1. The molecule has 114 valence electrons. The average Bonchev–Trinajstić information content (AvgIpc) is 2.43. The first-order valence-corrected chi connectivity index (χ1v) is 8.49. The van der Waals surface area contributed by atoms with Gasteiger partial charge in [0.05, 0.1) is 17.9 Å².